The second kappa shape index (κ2) is 4.37. The van der Waals surface area contributed by atoms with Gasteiger partial charge in [-0.3, -0.25) is 0 Å². The third-order valence-electron chi connectivity index (χ3n) is 6.09. The molecule has 0 spiro atoms. The smallest absolute Gasteiger partial charge is 0.337 e. The highest BCUT2D eigenvalue weighted by Crippen LogP contribution is 2.59. The van der Waals surface area contributed by atoms with Crippen molar-refractivity contribution in [1.29, 1.82) is 0 Å². The molecule has 4 aliphatic rings. The van der Waals surface area contributed by atoms with Gasteiger partial charge >= 0.3 is 5.97 Å². The summed E-state index contributed by atoms with van der Waals surface area (Å²) in [7, 11) is 0. The quantitative estimate of drug-likeness (QED) is 0.879. The Bertz CT molecular complexity index is 517. The van der Waals surface area contributed by atoms with Gasteiger partial charge in [0.15, 0.2) is 0 Å². The summed E-state index contributed by atoms with van der Waals surface area (Å²) >= 11 is 0. The first-order chi connectivity index (χ1) is 9.65. The Morgan fingerprint density at radius 2 is 1.80 bits per heavy atom. The van der Waals surface area contributed by atoms with Gasteiger partial charge in [-0.05, 0) is 68.3 Å². The summed E-state index contributed by atoms with van der Waals surface area (Å²) in [5.41, 5.74) is 2.62. The fourth-order valence-electron chi connectivity index (χ4n) is 5.60. The van der Waals surface area contributed by atoms with E-state index in [-0.39, 0.29) is 0 Å². The first kappa shape index (κ1) is 12.5. The number of aromatic nitrogens is 1. The summed E-state index contributed by atoms with van der Waals surface area (Å²) in [5, 5.41) is 9.34. The zero-order valence-corrected chi connectivity index (χ0v) is 12.1. The lowest BCUT2D eigenvalue weighted by atomic mass is 9.51. The molecule has 3 heteroatoms. The van der Waals surface area contributed by atoms with Crippen LogP contribution in [0.1, 0.15) is 66.7 Å². The normalized spacial score (nSPS) is 38.4. The lowest BCUT2D eigenvalue weighted by Crippen LogP contribution is -2.43. The Morgan fingerprint density at radius 1 is 1.20 bits per heavy atom. The van der Waals surface area contributed by atoms with E-state index in [0.717, 1.165) is 35.8 Å². The molecule has 0 amide bonds. The molecule has 1 heterocycles. The minimum atomic E-state index is -0.784. The number of nitrogens with one attached hydrogen (secondary N) is 1. The molecule has 1 aromatic heterocycles. The highest BCUT2D eigenvalue weighted by Gasteiger charge is 2.49. The molecular weight excluding hydrogens is 250 g/mol. The zero-order valence-electron chi connectivity index (χ0n) is 12.1. The Kier molecular flexibility index (Phi) is 2.73. The average Bonchev–Trinajstić information content (AvgIpc) is 2.81. The first-order valence-electron chi connectivity index (χ1n) is 8.10. The van der Waals surface area contributed by atoms with E-state index in [1.165, 1.54) is 37.8 Å². The predicted octanol–water partition coefficient (Wildman–Crippen LogP) is 3.82. The molecule has 5 rings (SSSR count). The zero-order chi connectivity index (χ0) is 13.9. The highest BCUT2D eigenvalue weighted by atomic mass is 16.4. The maximum absolute atomic E-state index is 11.4. The molecule has 0 aromatic carbocycles. The van der Waals surface area contributed by atoms with E-state index in [1.807, 2.05) is 13.0 Å². The summed E-state index contributed by atoms with van der Waals surface area (Å²) < 4.78 is 0. The van der Waals surface area contributed by atoms with Gasteiger partial charge in [-0.2, -0.15) is 0 Å². The number of aromatic carboxylic acids is 1. The van der Waals surface area contributed by atoms with Crippen molar-refractivity contribution in [3.8, 4) is 0 Å². The lowest BCUT2D eigenvalue weighted by Gasteiger charge is -2.54. The van der Waals surface area contributed by atoms with E-state index >= 15 is 0 Å². The van der Waals surface area contributed by atoms with Gasteiger partial charge in [0.2, 0.25) is 0 Å². The van der Waals surface area contributed by atoms with Gasteiger partial charge in [0.1, 0.15) is 0 Å². The Hall–Kier alpha value is -1.25. The van der Waals surface area contributed by atoms with Gasteiger partial charge in [0.25, 0.3) is 0 Å². The molecule has 4 saturated carbocycles. The van der Waals surface area contributed by atoms with Crippen molar-refractivity contribution in [3.63, 3.8) is 0 Å². The molecule has 4 fully saturated rings. The SMILES string of the molecule is CCc1[nH]c(C2C3CC4CC(C3)CC2C4)cc1C(=O)O. The third kappa shape index (κ3) is 1.75. The molecule has 4 bridgehead atoms. The van der Waals surface area contributed by atoms with Crippen molar-refractivity contribution in [1.82, 2.24) is 4.98 Å². The summed E-state index contributed by atoms with van der Waals surface area (Å²) in [6.07, 6.45) is 7.74. The topological polar surface area (TPSA) is 53.1 Å². The van der Waals surface area contributed by atoms with Crippen LogP contribution in [0.25, 0.3) is 0 Å². The molecule has 20 heavy (non-hydrogen) atoms. The van der Waals surface area contributed by atoms with Gasteiger partial charge in [-0.15, -0.1) is 0 Å². The molecule has 3 nitrogen and oxygen atoms in total. The van der Waals surface area contributed by atoms with Gasteiger partial charge in [0, 0.05) is 17.3 Å². The van der Waals surface area contributed by atoms with Crippen LogP contribution >= 0.6 is 0 Å². The van der Waals surface area contributed by atoms with Crippen LogP contribution in [0.5, 0.6) is 0 Å². The number of hydrogen-bond acceptors (Lipinski definition) is 1. The van der Waals surface area contributed by atoms with Gasteiger partial charge in [-0.1, -0.05) is 6.92 Å². The maximum Gasteiger partial charge on any atom is 0.337 e. The van der Waals surface area contributed by atoms with Crippen molar-refractivity contribution in [2.24, 2.45) is 23.7 Å². The minimum Gasteiger partial charge on any atom is -0.478 e. The number of rotatable bonds is 3. The summed E-state index contributed by atoms with van der Waals surface area (Å²) in [6.45, 7) is 2.03. The summed E-state index contributed by atoms with van der Waals surface area (Å²) in [6, 6.07) is 1.94. The van der Waals surface area contributed by atoms with Crippen molar-refractivity contribution < 1.29 is 9.90 Å². The molecule has 0 unspecified atom stereocenters. The predicted molar refractivity (Wildman–Crippen MR) is 76.9 cm³/mol. The average molecular weight is 273 g/mol. The number of hydrogen-bond donors (Lipinski definition) is 2. The monoisotopic (exact) mass is 273 g/mol. The summed E-state index contributed by atoms with van der Waals surface area (Å²) in [5.74, 6) is 3.35. The van der Waals surface area contributed by atoms with Gasteiger partial charge in [-0.25, -0.2) is 4.79 Å². The van der Waals surface area contributed by atoms with Crippen molar-refractivity contribution in [2.75, 3.05) is 0 Å². The van der Waals surface area contributed by atoms with Crippen LogP contribution in [-0.2, 0) is 6.42 Å². The van der Waals surface area contributed by atoms with Crippen molar-refractivity contribution in [3.05, 3.63) is 23.0 Å². The number of H-pyrrole nitrogens is 1. The second-order valence-electron chi connectivity index (χ2n) is 7.23. The first-order valence-corrected chi connectivity index (χ1v) is 8.10. The molecule has 0 atom stereocenters. The fourth-order valence-corrected chi connectivity index (χ4v) is 5.60. The van der Waals surface area contributed by atoms with Crippen LogP contribution in [0.15, 0.2) is 6.07 Å². The number of aryl methyl sites for hydroxylation is 1. The summed E-state index contributed by atoms with van der Waals surface area (Å²) in [4.78, 5) is 14.8. The number of aromatic amines is 1. The molecular formula is C17H23NO2. The highest BCUT2D eigenvalue weighted by molar-refractivity contribution is 5.89. The molecule has 108 valence electrons. The molecule has 0 saturated heterocycles. The van der Waals surface area contributed by atoms with E-state index in [0.29, 0.717) is 11.5 Å². The minimum absolute atomic E-state index is 0.497. The van der Waals surface area contributed by atoms with E-state index in [4.69, 9.17) is 0 Å². The van der Waals surface area contributed by atoms with E-state index in [1.54, 1.807) is 0 Å². The van der Waals surface area contributed by atoms with Crippen LogP contribution in [0.3, 0.4) is 0 Å². The van der Waals surface area contributed by atoms with Crippen LogP contribution in [-0.4, -0.2) is 16.1 Å². The van der Waals surface area contributed by atoms with Crippen molar-refractivity contribution in [2.45, 2.75) is 51.4 Å². The van der Waals surface area contributed by atoms with Gasteiger partial charge in [0.05, 0.1) is 5.56 Å². The van der Waals surface area contributed by atoms with E-state index in [9.17, 15) is 9.90 Å². The van der Waals surface area contributed by atoms with E-state index < -0.39 is 5.97 Å². The second-order valence-corrected chi connectivity index (χ2v) is 7.23. The lowest BCUT2D eigenvalue weighted by molar-refractivity contribution is -0.00403. The molecule has 1 aromatic rings. The molecule has 4 aliphatic carbocycles. The fraction of sp³-hybridized carbons (Fsp3) is 0.706. The Balaban J connectivity index is 1.69. The van der Waals surface area contributed by atoms with Crippen LogP contribution in [0.4, 0.5) is 0 Å². The molecule has 0 aliphatic heterocycles. The number of carboxylic acids is 1. The standard InChI is InChI=1S/C17H23NO2/c1-2-14-13(17(19)20)8-15(18-14)16-11-4-9-3-10(6-11)7-12(16)5-9/h8-12,16,18H,2-7H2,1H3,(H,19,20). The van der Waals surface area contributed by atoms with Crippen LogP contribution in [0.2, 0.25) is 0 Å². The Morgan fingerprint density at radius 3 is 2.25 bits per heavy atom. The maximum atomic E-state index is 11.4. The molecule has 2 N–H and O–H groups in total. The van der Waals surface area contributed by atoms with Crippen LogP contribution < -0.4 is 0 Å². The third-order valence-corrected chi connectivity index (χ3v) is 6.09. The van der Waals surface area contributed by atoms with Gasteiger partial charge < -0.3 is 10.1 Å². The van der Waals surface area contributed by atoms with Crippen LogP contribution in [0, 0.1) is 23.7 Å². The number of carboxylic acid groups (broad SMARTS) is 1. The van der Waals surface area contributed by atoms with Crippen molar-refractivity contribution >= 4 is 5.97 Å². The number of carbonyl (C=O) groups is 1. The largest absolute Gasteiger partial charge is 0.478 e. The Labute approximate surface area is 119 Å². The molecule has 0 radical (unpaired) electrons. The van der Waals surface area contributed by atoms with E-state index in [2.05, 4.69) is 4.98 Å².